The average Bonchev–Trinajstić information content (AvgIpc) is 4.06. The molecule has 0 amide bonds. The minimum Gasteiger partial charge on any atom is -0.360 e. The lowest BCUT2D eigenvalue weighted by Gasteiger charge is -2.43. The topological polar surface area (TPSA) is 73.3 Å². The second kappa shape index (κ2) is 18.1. The normalized spacial score (nSPS) is 32.0. The Bertz CT molecular complexity index is 3170. The summed E-state index contributed by atoms with van der Waals surface area (Å²) < 4.78 is 5.46. The van der Waals surface area contributed by atoms with Gasteiger partial charge in [0.2, 0.25) is 0 Å². The molecule has 10 aliphatic rings. The second-order valence-corrected chi connectivity index (χ2v) is 25.0. The van der Waals surface area contributed by atoms with Crippen LogP contribution in [0, 0.1) is 46.3 Å². The lowest BCUT2D eigenvalue weighted by Crippen LogP contribution is -2.59. The standard InChI is InChI=1S/C66H75N7/c1-65(2,3)44-30-33-55-50(37-44)51-38-45(66(4,5)6)31-34-56(51)72(55)59-39-58(43(40-67)36-52(59)64-69-62(41-20-10-7-11-21-41)68-63(70-64)42-22-12-8-13-23-42)73-54-29-19-17-27-49(54)60-57(73)35-32-48-47-26-16-18-28-53(47)71(61(48)60)46-24-14-9-15-25-46/h7-12,14-17,20,24,26-27,30-37,41-43,45-46,48,58-59,61-62,64,69H,13,18-19,21-23,25,28-29,38-39H2,1-6H3,(H,68,70). The molecule has 13 rings (SSSR count). The van der Waals surface area contributed by atoms with E-state index in [4.69, 9.17) is 4.99 Å². The molecule has 374 valence electrons. The van der Waals surface area contributed by atoms with Crippen molar-refractivity contribution < 1.29 is 0 Å². The van der Waals surface area contributed by atoms with Gasteiger partial charge in [-0.2, -0.15) is 5.26 Å². The molecule has 0 radical (unpaired) electrons. The number of hydrogen-bond acceptors (Lipinski definition) is 5. The smallest absolute Gasteiger partial charge is 0.127 e. The Hall–Kier alpha value is -6.10. The van der Waals surface area contributed by atoms with Gasteiger partial charge in [0.15, 0.2) is 0 Å². The highest BCUT2D eigenvalue weighted by atomic mass is 15.3. The van der Waals surface area contributed by atoms with E-state index in [9.17, 15) is 5.26 Å². The summed E-state index contributed by atoms with van der Waals surface area (Å²) in [6.07, 6.45) is 56.0. The third-order valence-electron chi connectivity index (χ3n) is 18.6. The van der Waals surface area contributed by atoms with E-state index in [0.717, 1.165) is 76.5 Å². The molecule has 0 saturated heterocycles. The highest BCUT2D eigenvalue weighted by Crippen LogP contribution is 2.57. The zero-order valence-corrected chi connectivity index (χ0v) is 44.1. The Morgan fingerprint density at radius 3 is 2.37 bits per heavy atom. The molecule has 11 unspecified atom stereocenters. The minimum atomic E-state index is -0.362. The van der Waals surface area contributed by atoms with Gasteiger partial charge in [-0.15, -0.1) is 0 Å². The van der Waals surface area contributed by atoms with E-state index >= 15 is 0 Å². The lowest BCUT2D eigenvalue weighted by molar-refractivity contribution is 0.209. The fourth-order valence-electron chi connectivity index (χ4n) is 14.7. The van der Waals surface area contributed by atoms with Gasteiger partial charge < -0.3 is 19.4 Å². The third kappa shape index (κ3) is 7.87. The number of nitrogens with zero attached hydrogens (tertiary/aromatic N) is 5. The number of rotatable bonds is 6. The molecule has 73 heavy (non-hydrogen) atoms. The molecule has 0 saturated carbocycles. The van der Waals surface area contributed by atoms with E-state index in [1.54, 1.807) is 0 Å². The quantitative estimate of drug-likeness (QED) is 0.241. The summed E-state index contributed by atoms with van der Waals surface area (Å²) in [5, 5.41) is 21.3. The molecular weight excluding hydrogens is 891 g/mol. The summed E-state index contributed by atoms with van der Waals surface area (Å²) in [6, 6.07) is 10.7. The monoisotopic (exact) mass is 966 g/mol. The van der Waals surface area contributed by atoms with Crippen LogP contribution in [0.25, 0.3) is 29.1 Å². The van der Waals surface area contributed by atoms with Crippen LogP contribution in [0.4, 0.5) is 0 Å². The first kappa shape index (κ1) is 46.7. The zero-order valence-electron chi connectivity index (χ0n) is 44.1. The summed E-state index contributed by atoms with van der Waals surface area (Å²) in [4.78, 5) is 8.63. The molecule has 4 heterocycles. The molecule has 0 spiro atoms. The maximum Gasteiger partial charge on any atom is 0.127 e. The fourth-order valence-corrected chi connectivity index (χ4v) is 14.7. The molecule has 0 fully saturated rings. The molecule has 7 nitrogen and oxygen atoms in total. The Morgan fingerprint density at radius 2 is 1.60 bits per heavy atom. The molecule has 8 aliphatic carbocycles. The molecule has 1 aromatic carbocycles. The molecule has 7 heteroatoms. The van der Waals surface area contributed by atoms with E-state index in [2.05, 4.69) is 206 Å². The van der Waals surface area contributed by atoms with Crippen LogP contribution in [0.3, 0.4) is 0 Å². The van der Waals surface area contributed by atoms with Crippen molar-refractivity contribution in [2.45, 2.75) is 154 Å². The van der Waals surface area contributed by atoms with Gasteiger partial charge in [-0.3, -0.25) is 5.32 Å². The van der Waals surface area contributed by atoms with E-state index in [-0.39, 0.29) is 53.1 Å². The van der Waals surface area contributed by atoms with Crippen LogP contribution >= 0.6 is 0 Å². The Morgan fingerprint density at radius 1 is 0.781 bits per heavy atom. The van der Waals surface area contributed by atoms with Crippen molar-refractivity contribution in [1.82, 2.24) is 24.7 Å². The van der Waals surface area contributed by atoms with Gasteiger partial charge >= 0.3 is 0 Å². The molecular formula is C66H75N7. The van der Waals surface area contributed by atoms with Crippen LogP contribution in [0.5, 0.6) is 0 Å². The number of nitriles is 1. The second-order valence-electron chi connectivity index (χ2n) is 25.0. The van der Waals surface area contributed by atoms with Crippen molar-refractivity contribution in [3.05, 3.63) is 172 Å². The van der Waals surface area contributed by atoms with Crippen LogP contribution in [-0.4, -0.2) is 38.2 Å². The van der Waals surface area contributed by atoms with E-state index < -0.39 is 0 Å². The van der Waals surface area contributed by atoms with Gasteiger partial charge in [0, 0.05) is 62.6 Å². The summed E-state index contributed by atoms with van der Waals surface area (Å²) in [7, 11) is 0. The van der Waals surface area contributed by atoms with E-state index in [1.807, 2.05) is 0 Å². The van der Waals surface area contributed by atoms with Gasteiger partial charge in [-0.25, -0.2) is 4.99 Å². The molecule has 0 bridgehead atoms. The van der Waals surface area contributed by atoms with Gasteiger partial charge in [-0.05, 0) is 134 Å². The molecule has 3 aromatic rings. The van der Waals surface area contributed by atoms with Crippen LogP contribution in [0.15, 0.2) is 137 Å². The van der Waals surface area contributed by atoms with Crippen LogP contribution in [0.2, 0.25) is 0 Å². The number of benzene rings is 1. The Balaban J connectivity index is 1.01. The Kier molecular flexibility index (Phi) is 11.6. The Labute approximate surface area is 434 Å². The predicted molar refractivity (Wildman–Crippen MR) is 301 cm³/mol. The number of allylic oxidation sites excluding steroid dienone is 13. The van der Waals surface area contributed by atoms with E-state index in [0.29, 0.717) is 23.8 Å². The average molecular weight is 966 g/mol. The molecule has 2 aliphatic heterocycles. The third-order valence-corrected chi connectivity index (χ3v) is 18.6. The van der Waals surface area contributed by atoms with Crippen LogP contribution in [-0.2, 0) is 18.3 Å². The maximum absolute atomic E-state index is 11.8. The van der Waals surface area contributed by atoms with Crippen molar-refractivity contribution in [2.24, 2.45) is 40.0 Å². The summed E-state index contributed by atoms with van der Waals surface area (Å²) in [5.74, 6) is 2.09. The van der Waals surface area contributed by atoms with Gasteiger partial charge in [0.25, 0.3) is 0 Å². The van der Waals surface area contributed by atoms with Gasteiger partial charge in [0.05, 0.1) is 42.3 Å². The highest BCUT2D eigenvalue weighted by molar-refractivity contribution is 5.90. The van der Waals surface area contributed by atoms with Gasteiger partial charge in [-0.1, -0.05) is 151 Å². The number of nitrogens with one attached hydrogen (secondary N) is 2. The fraction of sp³-hybridized carbons (Fsp3) is 0.455. The number of fused-ring (bicyclic) bond motifs is 9. The SMILES string of the molecule is CC(C)(C)c1ccc2c(c1)c1c(n2C2CC(n3c4c(c5c3CCC=C5)C3C(C=C4)C4=C(CCC=C4)N3C3C=CC=CC3)C(C#N)C=C2C2N=C(C3CC=CCC3)NC(C3C=CC=CC3)N2)C=CC(C(C)(C)C)C1. The number of aromatic nitrogens is 2. The number of hydrogen-bond donors (Lipinski definition) is 2. The zero-order chi connectivity index (χ0) is 49.8. The molecule has 11 atom stereocenters. The number of aliphatic imine (C=N–C) groups is 1. The molecule has 2 aromatic heterocycles. The van der Waals surface area contributed by atoms with E-state index in [1.165, 1.54) is 67.1 Å². The van der Waals surface area contributed by atoms with Crippen molar-refractivity contribution in [3.8, 4) is 6.07 Å². The van der Waals surface area contributed by atoms with Crippen molar-refractivity contribution in [2.75, 3.05) is 0 Å². The first-order chi connectivity index (χ1) is 35.4. The first-order valence-electron chi connectivity index (χ1n) is 28.1. The first-order valence-corrected chi connectivity index (χ1v) is 28.1. The van der Waals surface area contributed by atoms with Gasteiger partial charge in [0.1, 0.15) is 12.0 Å². The van der Waals surface area contributed by atoms with Crippen molar-refractivity contribution in [3.63, 3.8) is 0 Å². The summed E-state index contributed by atoms with van der Waals surface area (Å²) in [6.45, 7) is 14.2. The maximum atomic E-state index is 11.8. The largest absolute Gasteiger partial charge is 0.360 e. The predicted octanol–water partition coefficient (Wildman–Crippen LogP) is 14.4. The lowest BCUT2D eigenvalue weighted by atomic mass is 9.74. The summed E-state index contributed by atoms with van der Waals surface area (Å²) >= 11 is 0. The van der Waals surface area contributed by atoms with Crippen molar-refractivity contribution >= 4 is 35.0 Å². The van der Waals surface area contributed by atoms with Crippen LogP contribution < -0.4 is 10.6 Å². The highest BCUT2D eigenvalue weighted by Gasteiger charge is 2.49. The number of amidine groups is 1. The molecule has 2 N–H and O–H groups in total. The van der Waals surface area contributed by atoms with Crippen LogP contribution in [0.1, 0.15) is 157 Å². The summed E-state index contributed by atoms with van der Waals surface area (Å²) in [5.41, 5.74) is 15.4. The minimum absolute atomic E-state index is 0.00581. The van der Waals surface area contributed by atoms with Crippen molar-refractivity contribution in [1.29, 1.82) is 5.26 Å².